The zero-order chi connectivity index (χ0) is 14.8. The van der Waals surface area contributed by atoms with E-state index in [0.717, 1.165) is 25.7 Å². The van der Waals surface area contributed by atoms with Crippen LogP contribution in [-0.4, -0.2) is 23.7 Å². The van der Waals surface area contributed by atoms with Crippen LogP contribution >= 0.6 is 0 Å². The van der Waals surface area contributed by atoms with E-state index in [2.05, 4.69) is 6.92 Å². The largest absolute Gasteiger partial charge is 0.481 e. The predicted octanol–water partition coefficient (Wildman–Crippen LogP) is 3.78. The molecular formula is C16H28O4. The summed E-state index contributed by atoms with van der Waals surface area (Å²) in [5, 5.41) is 9.14. The van der Waals surface area contributed by atoms with Crippen molar-refractivity contribution in [3.8, 4) is 0 Å². The summed E-state index contributed by atoms with van der Waals surface area (Å²) < 4.78 is 5.27. The van der Waals surface area contributed by atoms with E-state index in [0.29, 0.717) is 19.4 Å². The topological polar surface area (TPSA) is 63.6 Å². The quantitative estimate of drug-likeness (QED) is 0.517. The Morgan fingerprint density at radius 1 is 1.00 bits per heavy atom. The molecule has 20 heavy (non-hydrogen) atoms. The Bertz CT molecular complexity index is 301. The molecule has 0 aromatic rings. The fourth-order valence-electron chi connectivity index (χ4n) is 2.87. The maximum atomic E-state index is 12.0. The molecule has 1 aliphatic carbocycles. The Hall–Kier alpha value is -1.06. The standard InChI is InChI=1S/C16H28O4/c1-2-3-4-5-6-9-12-20-16(19)14-11-8-7-10-13(14)15(17)18/h13-14H,2-12H2,1H3,(H,17,18). The van der Waals surface area contributed by atoms with Gasteiger partial charge in [0.2, 0.25) is 0 Å². The predicted molar refractivity (Wildman–Crippen MR) is 77.4 cm³/mol. The number of esters is 1. The van der Waals surface area contributed by atoms with Gasteiger partial charge in [0, 0.05) is 0 Å². The van der Waals surface area contributed by atoms with Crippen LogP contribution in [0.5, 0.6) is 0 Å². The second-order valence-electron chi connectivity index (χ2n) is 5.77. The summed E-state index contributed by atoms with van der Waals surface area (Å²) in [7, 11) is 0. The first-order chi connectivity index (χ1) is 9.66. The third-order valence-corrected chi connectivity index (χ3v) is 4.13. The lowest BCUT2D eigenvalue weighted by molar-refractivity contribution is -0.159. The maximum absolute atomic E-state index is 12.0. The van der Waals surface area contributed by atoms with Gasteiger partial charge in [-0.1, -0.05) is 51.9 Å². The van der Waals surface area contributed by atoms with Gasteiger partial charge in [0.05, 0.1) is 18.4 Å². The van der Waals surface area contributed by atoms with Crippen molar-refractivity contribution in [3.05, 3.63) is 0 Å². The van der Waals surface area contributed by atoms with E-state index in [1.54, 1.807) is 0 Å². The molecule has 4 heteroatoms. The van der Waals surface area contributed by atoms with E-state index in [4.69, 9.17) is 9.84 Å². The van der Waals surface area contributed by atoms with Crippen LogP contribution in [0, 0.1) is 11.8 Å². The summed E-state index contributed by atoms with van der Waals surface area (Å²) in [4.78, 5) is 23.1. The number of carboxylic acid groups (broad SMARTS) is 1. The molecule has 116 valence electrons. The maximum Gasteiger partial charge on any atom is 0.309 e. The molecule has 1 rings (SSSR count). The van der Waals surface area contributed by atoms with E-state index in [1.165, 1.54) is 25.7 Å². The fourth-order valence-corrected chi connectivity index (χ4v) is 2.87. The van der Waals surface area contributed by atoms with E-state index in [-0.39, 0.29) is 5.97 Å². The molecule has 2 unspecified atom stereocenters. The normalized spacial score (nSPS) is 22.4. The van der Waals surface area contributed by atoms with E-state index in [9.17, 15) is 9.59 Å². The average Bonchev–Trinajstić information content (AvgIpc) is 2.46. The molecular weight excluding hydrogens is 256 g/mol. The Labute approximate surface area is 121 Å². The van der Waals surface area contributed by atoms with Gasteiger partial charge in [-0.05, 0) is 19.3 Å². The molecule has 1 aliphatic rings. The van der Waals surface area contributed by atoms with Gasteiger partial charge in [0.15, 0.2) is 0 Å². The van der Waals surface area contributed by atoms with Crippen molar-refractivity contribution in [2.24, 2.45) is 11.8 Å². The van der Waals surface area contributed by atoms with Gasteiger partial charge in [-0.2, -0.15) is 0 Å². The summed E-state index contributed by atoms with van der Waals surface area (Å²) in [5.74, 6) is -2.13. The molecule has 0 spiro atoms. The minimum Gasteiger partial charge on any atom is -0.481 e. The van der Waals surface area contributed by atoms with Crippen LogP contribution in [-0.2, 0) is 14.3 Å². The van der Waals surface area contributed by atoms with Crippen LogP contribution in [0.2, 0.25) is 0 Å². The molecule has 0 bridgehead atoms. The van der Waals surface area contributed by atoms with E-state index >= 15 is 0 Å². The Morgan fingerprint density at radius 3 is 2.25 bits per heavy atom. The average molecular weight is 284 g/mol. The first-order valence-corrected chi connectivity index (χ1v) is 8.06. The van der Waals surface area contributed by atoms with E-state index in [1.807, 2.05) is 0 Å². The summed E-state index contributed by atoms with van der Waals surface area (Å²) in [6.07, 6.45) is 9.99. The van der Waals surface area contributed by atoms with Gasteiger partial charge in [0.1, 0.15) is 0 Å². The number of unbranched alkanes of at least 4 members (excludes halogenated alkanes) is 5. The molecule has 2 atom stereocenters. The van der Waals surface area contributed by atoms with Crippen LogP contribution in [0.1, 0.15) is 71.1 Å². The van der Waals surface area contributed by atoms with Gasteiger partial charge in [0.25, 0.3) is 0 Å². The number of hydrogen-bond acceptors (Lipinski definition) is 3. The summed E-state index contributed by atoms with van der Waals surface area (Å²) >= 11 is 0. The van der Waals surface area contributed by atoms with Gasteiger partial charge >= 0.3 is 11.9 Å². The second-order valence-corrected chi connectivity index (χ2v) is 5.77. The summed E-state index contributed by atoms with van der Waals surface area (Å²) in [6.45, 7) is 2.62. The van der Waals surface area contributed by atoms with Gasteiger partial charge < -0.3 is 9.84 Å². The van der Waals surface area contributed by atoms with Crippen LogP contribution in [0.25, 0.3) is 0 Å². The Kier molecular flexibility index (Phi) is 8.31. The van der Waals surface area contributed by atoms with Crippen molar-refractivity contribution in [1.29, 1.82) is 0 Å². The molecule has 0 aromatic carbocycles. The molecule has 0 amide bonds. The molecule has 0 aromatic heterocycles. The van der Waals surface area contributed by atoms with Crippen LogP contribution in [0.15, 0.2) is 0 Å². The van der Waals surface area contributed by atoms with Crippen LogP contribution in [0.3, 0.4) is 0 Å². The van der Waals surface area contributed by atoms with Crippen LogP contribution < -0.4 is 0 Å². The third kappa shape index (κ3) is 5.93. The van der Waals surface area contributed by atoms with Gasteiger partial charge in [-0.25, -0.2) is 0 Å². The van der Waals surface area contributed by atoms with Gasteiger partial charge in [-0.3, -0.25) is 9.59 Å². The molecule has 1 fully saturated rings. The lowest BCUT2D eigenvalue weighted by Gasteiger charge is -2.26. The van der Waals surface area contributed by atoms with Gasteiger partial charge in [-0.15, -0.1) is 0 Å². The Morgan fingerprint density at radius 2 is 1.60 bits per heavy atom. The number of rotatable bonds is 9. The minimum atomic E-state index is -0.855. The SMILES string of the molecule is CCCCCCCCOC(=O)C1CCCCC1C(=O)O. The number of carbonyl (C=O) groups is 2. The zero-order valence-corrected chi connectivity index (χ0v) is 12.6. The molecule has 0 radical (unpaired) electrons. The first-order valence-electron chi connectivity index (χ1n) is 8.06. The van der Waals surface area contributed by atoms with E-state index < -0.39 is 17.8 Å². The molecule has 0 saturated heterocycles. The molecule has 4 nitrogen and oxygen atoms in total. The molecule has 1 N–H and O–H groups in total. The first kappa shape index (κ1) is 17.0. The lowest BCUT2D eigenvalue weighted by atomic mass is 9.79. The number of aliphatic carboxylic acids is 1. The van der Waals surface area contributed by atoms with Crippen molar-refractivity contribution < 1.29 is 19.4 Å². The third-order valence-electron chi connectivity index (χ3n) is 4.13. The summed E-state index contributed by atoms with van der Waals surface area (Å²) in [6, 6.07) is 0. The molecule has 0 aliphatic heterocycles. The fraction of sp³-hybridized carbons (Fsp3) is 0.875. The number of carbonyl (C=O) groups excluding carboxylic acids is 1. The van der Waals surface area contributed by atoms with Crippen molar-refractivity contribution in [2.45, 2.75) is 71.1 Å². The number of carboxylic acids is 1. The zero-order valence-electron chi connectivity index (χ0n) is 12.6. The summed E-state index contributed by atoms with van der Waals surface area (Å²) in [5.41, 5.74) is 0. The lowest BCUT2D eigenvalue weighted by Crippen LogP contribution is -2.33. The van der Waals surface area contributed by atoms with Crippen molar-refractivity contribution in [2.75, 3.05) is 6.61 Å². The number of ether oxygens (including phenoxy) is 1. The minimum absolute atomic E-state index is 0.300. The van der Waals surface area contributed by atoms with Crippen molar-refractivity contribution >= 4 is 11.9 Å². The van der Waals surface area contributed by atoms with Crippen molar-refractivity contribution in [3.63, 3.8) is 0 Å². The Balaban J connectivity index is 2.19. The molecule has 0 heterocycles. The highest BCUT2D eigenvalue weighted by atomic mass is 16.5. The highest BCUT2D eigenvalue weighted by Gasteiger charge is 2.36. The van der Waals surface area contributed by atoms with Crippen molar-refractivity contribution in [1.82, 2.24) is 0 Å². The second kappa shape index (κ2) is 9.78. The smallest absolute Gasteiger partial charge is 0.309 e. The molecule has 1 saturated carbocycles. The highest BCUT2D eigenvalue weighted by Crippen LogP contribution is 2.31. The van der Waals surface area contributed by atoms with Crippen LogP contribution in [0.4, 0.5) is 0 Å². The monoisotopic (exact) mass is 284 g/mol. The number of hydrogen-bond donors (Lipinski definition) is 1. The highest BCUT2D eigenvalue weighted by molar-refractivity contribution is 5.81.